The zero-order valence-corrected chi connectivity index (χ0v) is 12.2. The normalized spacial score (nSPS) is 17.7. The number of nitrogen functional groups attached to an aromatic ring is 1. The molecule has 0 bridgehead atoms. The Balaban J connectivity index is 2.18. The Morgan fingerprint density at radius 1 is 1.44 bits per heavy atom. The van der Waals surface area contributed by atoms with Gasteiger partial charge in [0.05, 0.1) is 4.90 Å². The first-order valence-corrected chi connectivity index (χ1v) is 8.51. The summed E-state index contributed by atoms with van der Waals surface area (Å²) in [6, 6.07) is 4.96. The van der Waals surface area contributed by atoms with E-state index in [1.54, 1.807) is 36.9 Å². The van der Waals surface area contributed by atoms with Gasteiger partial charge in [-0.15, -0.1) is 0 Å². The van der Waals surface area contributed by atoms with Crippen LogP contribution < -0.4 is 10.5 Å². The second kappa shape index (κ2) is 4.75. The largest absolute Gasteiger partial charge is 0.398 e. The molecule has 0 atom stereocenters. The van der Waals surface area contributed by atoms with Gasteiger partial charge in [0.1, 0.15) is 0 Å². The average molecular weight is 286 g/mol. The van der Waals surface area contributed by atoms with E-state index in [1.807, 2.05) is 6.26 Å². The van der Waals surface area contributed by atoms with Crippen molar-refractivity contribution in [1.82, 2.24) is 4.72 Å². The standard InChI is InChI=1S/C12H18N2O2S2/c1-9-10(13)4-3-5-11(9)18(15,16)14-8-12(17-2)6-7-12/h3-5,14H,6-8,13H2,1-2H3. The molecule has 0 heterocycles. The molecule has 2 rings (SSSR count). The van der Waals surface area contributed by atoms with Gasteiger partial charge in [-0.25, -0.2) is 13.1 Å². The second-order valence-electron chi connectivity index (χ2n) is 4.68. The minimum absolute atomic E-state index is 0.112. The summed E-state index contributed by atoms with van der Waals surface area (Å²) in [6.45, 7) is 2.22. The zero-order valence-electron chi connectivity index (χ0n) is 10.6. The van der Waals surface area contributed by atoms with E-state index in [1.165, 1.54) is 0 Å². The molecule has 1 fully saturated rings. The van der Waals surface area contributed by atoms with Gasteiger partial charge in [-0.2, -0.15) is 11.8 Å². The maximum Gasteiger partial charge on any atom is 0.240 e. The summed E-state index contributed by atoms with van der Waals surface area (Å²) >= 11 is 1.73. The molecule has 1 aliphatic carbocycles. The summed E-state index contributed by atoms with van der Waals surface area (Å²) in [5, 5.41) is 0. The number of hydrogen-bond donors (Lipinski definition) is 2. The highest BCUT2D eigenvalue weighted by Crippen LogP contribution is 2.46. The summed E-state index contributed by atoms with van der Waals surface area (Å²) in [5.74, 6) is 0. The molecule has 3 N–H and O–H groups in total. The van der Waals surface area contributed by atoms with E-state index < -0.39 is 10.0 Å². The molecule has 0 spiro atoms. The molecule has 0 aliphatic heterocycles. The van der Waals surface area contributed by atoms with Crippen LogP contribution in [0.2, 0.25) is 0 Å². The maximum atomic E-state index is 12.2. The Morgan fingerprint density at radius 3 is 2.67 bits per heavy atom. The van der Waals surface area contributed by atoms with E-state index in [4.69, 9.17) is 5.73 Å². The molecule has 1 aromatic rings. The highest BCUT2D eigenvalue weighted by Gasteiger charge is 2.42. The van der Waals surface area contributed by atoms with Gasteiger partial charge in [-0.3, -0.25) is 0 Å². The Labute approximate surface area is 112 Å². The van der Waals surface area contributed by atoms with Gasteiger partial charge in [0.25, 0.3) is 0 Å². The molecule has 1 saturated carbocycles. The molecule has 18 heavy (non-hydrogen) atoms. The van der Waals surface area contributed by atoms with Crippen molar-refractivity contribution in [2.24, 2.45) is 0 Å². The van der Waals surface area contributed by atoms with Crippen LogP contribution in [0.4, 0.5) is 5.69 Å². The lowest BCUT2D eigenvalue weighted by Gasteiger charge is -2.15. The van der Waals surface area contributed by atoms with Crippen LogP contribution in [0.1, 0.15) is 18.4 Å². The number of nitrogens with one attached hydrogen (secondary N) is 1. The van der Waals surface area contributed by atoms with Crippen molar-refractivity contribution in [2.75, 3.05) is 18.5 Å². The van der Waals surface area contributed by atoms with Crippen LogP contribution in [0, 0.1) is 6.92 Å². The molecule has 1 aromatic carbocycles. The third-order valence-corrected chi connectivity index (χ3v) is 6.40. The summed E-state index contributed by atoms with van der Waals surface area (Å²) < 4.78 is 27.2. The highest BCUT2D eigenvalue weighted by atomic mass is 32.2. The molecule has 100 valence electrons. The SMILES string of the molecule is CSC1(CNS(=O)(=O)c2cccc(N)c2C)CC1. The summed E-state index contributed by atoms with van der Waals surface area (Å²) in [4.78, 5) is 0.277. The van der Waals surface area contributed by atoms with Crippen LogP contribution in [0.15, 0.2) is 23.1 Å². The number of anilines is 1. The van der Waals surface area contributed by atoms with Crippen LogP contribution in [0.5, 0.6) is 0 Å². The van der Waals surface area contributed by atoms with Crippen LogP contribution in [0.3, 0.4) is 0 Å². The van der Waals surface area contributed by atoms with Crippen LogP contribution in [-0.4, -0.2) is 26.0 Å². The van der Waals surface area contributed by atoms with Crippen molar-refractivity contribution in [1.29, 1.82) is 0 Å². The minimum atomic E-state index is -3.46. The van der Waals surface area contributed by atoms with Crippen LogP contribution >= 0.6 is 11.8 Å². The van der Waals surface area contributed by atoms with Gasteiger partial charge >= 0.3 is 0 Å². The summed E-state index contributed by atoms with van der Waals surface area (Å²) in [7, 11) is -3.46. The predicted molar refractivity (Wildman–Crippen MR) is 76.3 cm³/mol. The second-order valence-corrected chi connectivity index (χ2v) is 7.69. The third kappa shape index (κ3) is 2.65. The van der Waals surface area contributed by atoms with Crippen molar-refractivity contribution in [3.8, 4) is 0 Å². The first kappa shape index (κ1) is 13.7. The fourth-order valence-electron chi connectivity index (χ4n) is 1.82. The number of hydrogen-bond acceptors (Lipinski definition) is 4. The topological polar surface area (TPSA) is 72.2 Å². The van der Waals surface area contributed by atoms with E-state index in [-0.39, 0.29) is 9.64 Å². The van der Waals surface area contributed by atoms with Crippen molar-refractivity contribution in [2.45, 2.75) is 29.4 Å². The first-order chi connectivity index (χ1) is 8.40. The summed E-state index contributed by atoms with van der Waals surface area (Å²) in [6.07, 6.45) is 4.17. The Morgan fingerprint density at radius 2 is 2.11 bits per heavy atom. The molecule has 0 amide bonds. The van der Waals surface area contributed by atoms with Gasteiger partial charge in [-0.05, 0) is 43.7 Å². The lowest BCUT2D eigenvalue weighted by molar-refractivity contribution is 0.579. The molecule has 4 nitrogen and oxygen atoms in total. The molecule has 0 aromatic heterocycles. The fourth-order valence-corrected chi connectivity index (χ4v) is 4.04. The maximum absolute atomic E-state index is 12.2. The van der Waals surface area contributed by atoms with Crippen molar-refractivity contribution in [3.63, 3.8) is 0 Å². The Hall–Kier alpha value is -0.720. The quantitative estimate of drug-likeness (QED) is 0.809. The van der Waals surface area contributed by atoms with E-state index in [9.17, 15) is 8.42 Å². The monoisotopic (exact) mass is 286 g/mol. The third-order valence-electron chi connectivity index (χ3n) is 3.44. The predicted octanol–water partition coefficient (Wildman–Crippen LogP) is 1.75. The molecule has 0 unspecified atom stereocenters. The highest BCUT2D eigenvalue weighted by molar-refractivity contribution is 8.00. The number of rotatable bonds is 5. The summed E-state index contributed by atoms with van der Waals surface area (Å²) in [5.41, 5.74) is 6.86. The van der Waals surface area contributed by atoms with Crippen LogP contribution in [0.25, 0.3) is 0 Å². The molecule has 0 radical (unpaired) electrons. The van der Waals surface area contributed by atoms with Gasteiger partial charge in [-0.1, -0.05) is 6.07 Å². The molecule has 0 saturated heterocycles. The van der Waals surface area contributed by atoms with Gasteiger partial charge in [0, 0.05) is 17.0 Å². The lowest BCUT2D eigenvalue weighted by atomic mass is 10.2. The van der Waals surface area contributed by atoms with E-state index >= 15 is 0 Å². The zero-order chi connectivity index (χ0) is 13.4. The number of nitrogens with two attached hydrogens (primary N) is 1. The molecular weight excluding hydrogens is 268 g/mol. The minimum Gasteiger partial charge on any atom is -0.398 e. The van der Waals surface area contributed by atoms with Crippen molar-refractivity contribution >= 4 is 27.5 Å². The molecular formula is C12H18N2O2S2. The van der Waals surface area contributed by atoms with E-state index in [0.717, 1.165) is 12.8 Å². The number of benzene rings is 1. The fraction of sp³-hybridized carbons (Fsp3) is 0.500. The van der Waals surface area contributed by atoms with Crippen LogP contribution in [-0.2, 0) is 10.0 Å². The Bertz CT molecular complexity index is 551. The molecule has 6 heteroatoms. The lowest BCUT2D eigenvalue weighted by Crippen LogP contribution is -2.32. The first-order valence-electron chi connectivity index (χ1n) is 5.80. The van der Waals surface area contributed by atoms with E-state index in [2.05, 4.69) is 4.72 Å². The van der Waals surface area contributed by atoms with Gasteiger partial charge in [0.2, 0.25) is 10.0 Å². The van der Waals surface area contributed by atoms with Gasteiger partial charge in [0.15, 0.2) is 0 Å². The Kier molecular flexibility index (Phi) is 3.62. The average Bonchev–Trinajstić information content (AvgIpc) is 3.11. The molecule has 1 aliphatic rings. The number of thioether (sulfide) groups is 1. The smallest absolute Gasteiger partial charge is 0.240 e. The van der Waals surface area contributed by atoms with Crippen molar-refractivity contribution < 1.29 is 8.42 Å². The van der Waals surface area contributed by atoms with E-state index in [0.29, 0.717) is 17.8 Å². The number of sulfonamides is 1. The van der Waals surface area contributed by atoms with Gasteiger partial charge < -0.3 is 5.73 Å². The van der Waals surface area contributed by atoms with Crippen molar-refractivity contribution in [3.05, 3.63) is 23.8 Å².